The normalized spacial score (nSPS) is 33.0. The summed E-state index contributed by atoms with van der Waals surface area (Å²) in [6, 6.07) is 8.13. The summed E-state index contributed by atoms with van der Waals surface area (Å²) in [5, 5.41) is 30.9. The van der Waals surface area contributed by atoms with Crippen molar-refractivity contribution in [2.75, 3.05) is 6.54 Å². The maximum atomic E-state index is 10.9. The smallest absolute Gasteiger partial charge is 0.150 e. The van der Waals surface area contributed by atoms with Crippen LogP contribution < -0.4 is 0 Å². The lowest BCUT2D eigenvalue weighted by Gasteiger charge is -2.70. The van der Waals surface area contributed by atoms with E-state index in [-0.39, 0.29) is 13.1 Å². The van der Waals surface area contributed by atoms with E-state index < -0.39 is 22.2 Å². The molecule has 0 bridgehead atoms. The van der Waals surface area contributed by atoms with Crippen LogP contribution in [0.5, 0.6) is 0 Å². The Labute approximate surface area is 175 Å². The standard InChI is InChI=1S/C17H16B5N3O4/c1-2-24-14(18,19)15(20,27)25(17(22,29)16(24,21)28)8-12-5-4-11-7-10(9-26)3-6-13(11)23-12/h3-7,9,27-29H,2,8H2,1H3. The zero-order valence-electron chi connectivity index (χ0n) is 15.9. The second-order valence-corrected chi connectivity index (χ2v) is 7.21. The number of rotatable bonds is 4. The molecule has 0 aliphatic carbocycles. The quantitative estimate of drug-likeness (QED) is 0.403. The van der Waals surface area contributed by atoms with Crippen LogP contribution in [-0.2, 0) is 6.54 Å². The van der Waals surface area contributed by atoms with Gasteiger partial charge in [-0.1, -0.05) is 13.0 Å². The highest BCUT2D eigenvalue weighted by Gasteiger charge is 2.64. The van der Waals surface area contributed by atoms with Crippen LogP contribution in [-0.4, -0.2) is 104 Å². The van der Waals surface area contributed by atoms with Crippen molar-refractivity contribution < 1.29 is 20.1 Å². The number of piperazine rings is 1. The second kappa shape index (κ2) is 6.99. The minimum absolute atomic E-state index is 0.0832. The maximum Gasteiger partial charge on any atom is 0.150 e. The van der Waals surface area contributed by atoms with Gasteiger partial charge in [-0.25, -0.2) is 0 Å². The molecule has 12 heteroatoms. The van der Waals surface area contributed by atoms with Gasteiger partial charge in [0.25, 0.3) is 0 Å². The number of nitrogens with zero attached hydrogens (tertiary/aromatic N) is 3. The van der Waals surface area contributed by atoms with Gasteiger partial charge in [0.1, 0.15) is 41.1 Å². The van der Waals surface area contributed by atoms with Crippen LogP contribution in [0, 0.1) is 0 Å². The fourth-order valence-corrected chi connectivity index (χ4v) is 3.61. The summed E-state index contributed by atoms with van der Waals surface area (Å²) in [4.78, 5) is 16.8. The van der Waals surface area contributed by atoms with Gasteiger partial charge in [0.2, 0.25) is 0 Å². The molecule has 1 fully saturated rings. The molecule has 0 spiro atoms. The number of aldehydes is 1. The van der Waals surface area contributed by atoms with Gasteiger partial charge in [-0.3, -0.25) is 19.6 Å². The number of aliphatic hydroxyl groups is 3. The summed E-state index contributed by atoms with van der Waals surface area (Å²) < 4.78 is 0. The second-order valence-electron chi connectivity index (χ2n) is 7.21. The molecule has 3 unspecified atom stereocenters. The topological polar surface area (TPSA) is 97.1 Å². The van der Waals surface area contributed by atoms with Gasteiger partial charge in [-0.2, -0.15) is 0 Å². The number of fused-ring (bicyclic) bond motifs is 1. The van der Waals surface area contributed by atoms with Crippen molar-refractivity contribution in [2.45, 2.75) is 35.7 Å². The summed E-state index contributed by atoms with van der Waals surface area (Å²) in [7, 11) is 29.7. The Kier molecular flexibility index (Phi) is 5.33. The highest BCUT2D eigenvalue weighted by molar-refractivity contribution is 6.45. The zero-order chi connectivity index (χ0) is 21.8. The molecule has 1 aliphatic heterocycles. The van der Waals surface area contributed by atoms with Crippen LogP contribution in [0.25, 0.3) is 10.9 Å². The largest absolute Gasteiger partial charge is 0.385 e. The van der Waals surface area contributed by atoms with E-state index in [1.54, 1.807) is 30.3 Å². The Morgan fingerprint density at radius 3 is 2.17 bits per heavy atom. The zero-order valence-corrected chi connectivity index (χ0v) is 15.9. The lowest BCUT2D eigenvalue weighted by molar-refractivity contribution is -0.311. The molecule has 7 nitrogen and oxygen atoms in total. The van der Waals surface area contributed by atoms with Gasteiger partial charge in [-0.15, -0.1) is 0 Å². The molecule has 3 atom stereocenters. The average molecular weight is 380 g/mol. The molecule has 1 aromatic heterocycles. The molecule has 2 aromatic rings. The fourth-order valence-electron chi connectivity index (χ4n) is 3.61. The number of hydrogen-bond acceptors (Lipinski definition) is 7. The molecule has 0 saturated carbocycles. The van der Waals surface area contributed by atoms with Gasteiger partial charge in [0, 0.05) is 17.5 Å². The molecule has 3 rings (SSSR count). The lowest BCUT2D eigenvalue weighted by atomic mass is 9.44. The molecular weight excluding hydrogens is 364 g/mol. The predicted octanol–water partition coefficient (Wildman–Crippen LogP) is -2.38. The highest BCUT2D eigenvalue weighted by Crippen LogP contribution is 2.43. The number of pyridine rings is 1. The Morgan fingerprint density at radius 1 is 0.966 bits per heavy atom. The summed E-state index contributed by atoms with van der Waals surface area (Å²) in [5.41, 5.74) is -6.70. The van der Waals surface area contributed by atoms with Crippen molar-refractivity contribution in [3.63, 3.8) is 0 Å². The molecule has 10 radical (unpaired) electrons. The third-order valence-electron chi connectivity index (χ3n) is 5.36. The van der Waals surface area contributed by atoms with Crippen molar-refractivity contribution in [2.24, 2.45) is 0 Å². The minimum Gasteiger partial charge on any atom is -0.385 e. The van der Waals surface area contributed by atoms with E-state index >= 15 is 0 Å². The average Bonchev–Trinajstić information content (AvgIpc) is 2.64. The molecule has 0 amide bonds. The van der Waals surface area contributed by atoms with E-state index in [2.05, 4.69) is 4.98 Å². The first kappa shape index (κ1) is 22.1. The molecule has 138 valence electrons. The first-order chi connectivity index (χ1) is 13.3. The van der Waals surface area contributed by atoms with Crippen molar-refractivity contribution in [1.29, 1.82) is 0 Å². The monoisotopic (exact) mass is 381 g/mol. The molecule has 1 aromatic carbocycles. The van der Waals surface area contributed by atoms with Gasteiger partial charge in [0.05, 0.1) is 32.5 Å². The molecule has 3 N–H and O–H groups in total. The van der Waals surface area contributed by atoms with E-state index in [0.29, 0.717) is 33.3 Å². The van der Waals surface area contributed by atoms with E-state index in [4.69, 9.17) is 39.2 Å². The highest BCUT2D eigenvalue weighted by atomic mass is 16.4. The van der Waals surface area contributed by atoms with Crippen LogP contribution >= 0.6 is 0 Å². The predicted molar refractivity (Wildman–Crippen MR) is 111 cm³/mol. The molecular formula is C17H16B5N3O4. The number of aromatic nitrogens is 1. The number of carbonyl (C=O) groups excluding carboxylic acids is 1. The Morgan fingerprint density at radius 2 is 1.59 bits per heavy atom. The summed E-state index contributed by atoms with van der Waals surface area (Å²) in [5.74, 6) is 0. The van der Waals surface area contributed by atoms with E-state index in [9.17, 15) is 20.1 Å². The number of benzene rings is 1. The van der Waals surface area contributed by atoms with Gasteiger partial charge >= 0.3 is 0 Å². The van der Waals surface area contributed by atoms with Crippen molar-refractivity contribution in [3.05, 3.63) is 41.6 Å². The molecule has 1 saturated heterocycles. The number of hydrogen-bond donors (Lipinski definition) is 3. The van der Waals surface area contributed by atoms with Crippen LogP contribution in [0.15, 0.2) is 30.3 Å². The number of likely N-dealkylation sites (N-methyl/N-ethyl adjacent to an activating group) is 1. The Bertz CT molecular complexity index is 926. The van der Waals surface area contributed by atoms with Crippen molar-refractivity contribution in [3.8, 4) is 0 Å². The van der Waals surface area contributed by atoms with Gasteiger partial charge in [0.15, 0.2) is 0 Å². The number of carbonyl (C=O) groups is 1. The van der Waals surface area contributed by atoms with E-state index in [0.717, 1.165) is 4.90 Å². The van der Waals surface area contributed by atoms with E-state index in [1.807, 2.05) is 0 Å². The van der Waals surface area contributed by atoms with Gasteiger partial charge < -0.3 is 15.3 Å². The first-order valence-corrected chi connectivity index (χ1v) is 8.82. The lowest BCUT2D eigenvalue weighted by Crippen LogP contribution is -2.90. The minimum atomic E-state index is -2.76. The third kappa shape index (κ3) is 3.18. The first-order valence-electron chi connectivity index (χ1n) is 8.82. The molecule has 2 heterocycles. The summed E-state index contributed by atoms with van der Waals surface area (Å²) in [6.45, 7) is 1.09. The fraction of sp³-hybridized carbons (Fsp3) is 0.412. The molecule has 1 aliphatic rings. The Balaban J connectivity index is 2.06. The van der Waals surface area contributed by atoms with Crippen LogP contribution in [0.4, 0.5) is 0 Å². The van der Waals surface area contributed by atoms with Crippen LogP contribution in [0.2, 0.25) is 0 Å². The molecule has 29 heavy (non-hydrogen) atoms. The maximum absolute atomic E-state index is 10.9. The van der Waals surface area contributed by atoms with Crippen LogP contribution in [0.1, 0.15) is 23.0 Å². The van der Waals surface area contributed by atoms with Crippen molar-refractivity contribution >= 4 is 56.4 Å². The van der Waals surface area contributed by atoms with Crippen molar-refractivity contribution in [1.82, 2.24) is 14.8 Å². The van der Waals surface area contributed by atoms with E-state index in [1.165, 1.54) is 6.92 Å². The van der Waals surface area contributed by atoms with Crippen LogP contribution in [0.3, 0.4) is 0 Å². The Hall–Kier alpha value is -1.58. The summed E-state index contributed by atoms with van der Waals surface area (Å²) >= 11 is 0. The summed E-state index contributed by atoms with van der Waals surface area (Å²) in [6.07, 6.45) is 0.716. The SMILES string of the molecule is [B]C1([B])N(CC)C([B])(O)C([B])(O)N(Cc2ccc3cc(C=O)ccc3n2)C1([B])O. The third-order valence-corrected chi connectivity index (χ3v) is 5.36. The van der Waals surface area contributed by atoms with Gasteiger partial charge in [-0.05, 0) is 36.1 Å².